The van der Waals surface area contributed by atoms with Crippen LogP contribution < -0.4 is 4.90 Å². The lowest BCUT2D eigenvalue weighted by molar-refractivity contribution is 0.180. The molecule has 1 fully saturated rings. The maximum absolute atomic E-state index is 7.24. The normalized spacial score (nSPS) is 16.4. The van der Waals surface area contributed by atoms with E-state index in [1.807, 2.05) is 30.5 Å². The lowest BCUT2D eigenvalue weighted by Crippen LogP contribution is -2.31. The molecule has 182 valence electrons. The van der Waals surface area contributed by atoms with E-state index in [0.717, 1.165) is 53.7 Å². The van der Waals surface area contributed by atoms with Crippen LogP contribution >= 0.6 is 0 Å². The van der Waals surface area contributed by atoms with Crippen molar-refractivity contribution in [3.05, 3.63) is 83.6 Å². The predicted octanol–water partition coefficient (Wildman–Crippen LogP) is 5.21. The summed E-state index contributed by atoms with van der Waals surface area (Å²) in [5, 5.41) is 0. The number of likely N-dealkylation sites (N-methyl/N-ethyl adjacent to an activating group) is 1. The van der Waals surface area contributed by atoms with Crippen molar-refractivity contribution in [1.29, 1.82) is 0 Å². The highest BCUT2D eigenvalue weighted by molar-refractivity contribution is 5.73. The summed E-state index contributed by atoms with van der Waals surface area (Å²) in [7, 11) is 6.07. The van der Waals surface area contributed by atoms with Gasteiger partial charge in [-0.3, -0.25) is 4.57 Å². The summed E-state index contributed by atoms with van der Waals surface area (Å²) >= 11 is 0. The summed E-state index contributed by atoms with van der Waals surface area (Å²) in [5.41, 5.74) is 8.69. The Balaban J connectivity index is 1.45. The van der Waals surface area contributed by atoms with Gasteiger partial charge in [0.2, 0.25) is 0 Å². The molecule has 4 heterocycles. The Labute approximate surface area is 212 Å². The third-order valence-electron chi connectivity index (χ3n) is 7.49. The van der Waals surface area contributed by atoms with Gasteiger partial charge in [-0.15, -0.1) is 0 Å². The van der Waals surface area contributed by atoms with Crippen LogP contribution in [-0.4, -0.2) is 59.4 Å². The SMILES string of the molecule is [C-]#[N+]c1ccc(-c2cc3n(c2)Cc2cc(N4CC[C@@H](N(C)C)C4)ccc2-n2c(COC)cnc2-3)cc1. The van der Waals surface area contributed by atoms with Crippen LogP contribution in [0.3, 0.4) is 0 Å². The molecule has 0 spiro atoms. The van der Waals surface area contributed by atoms with Gasteiger partial charge in [-0.05, 0) is 55.9 Å². The van der Waals surface area contributed by atoms with Gasteiger partial charge in [-0.2, -0.15) is 0 Å². The fraction of sp³-hybridized carbons (Fsp3) is 0.310. The third-order valence-corrected chi connectivity index (χ3v) is 7.49. The molecule has 1 atom stereocenters. The van der Waals surface area contributed by atoms with Gasteiger partial charge in [0.25, 0.3) is 0 Å². The van der Waals surface area contributed by atoms with Gasteiger partial charge in [0.15, 0.2) is 11.5 Å². The van der Waals surface area contributed by atoms with Gasteiger partial charge in [0.05, 0.1) is 36.5 Å². The van der Waals surface area contributed by atoms with Crippen LogP contribution in [0.4, 0.5) is 11.4 Å². The number of rotatable bonds is 5. The van der Waals surface area contributed by atoms with Crippen molar-refractivity contribution < 1.29 is 4.74 Å². The summed E-state index contributed by atoms with van der Waals surface area (Å²) in [6.45, 7) is 10.6. The number of aromatic nitrogens is 3. The lowest BCUT2D eigenvalue weighted by atomic mass is 10.1. The van der Waals surface area contributed by atoms with E-state index in [4.69, 9.17) is 16.3 Å². The van der Waals surface area contributed by atoms with Crippen molar-refractivity contribution in [2.24, 2.45) is 0 Å². The van der Waals surface area contributed by atoms with Gasteiger partial charge >= 0.3 is 0 Å². The van der Waals surface area contributed by atoms with Crippen molar-refractivity contribution in [1.82, 2.24) is 19.0 Å². The summed E-state index contributed by atoms with van der Waals surface area (Å²) in [4.78, 5) is 13.2. The van der Waals surface area contributed by atoms with Crippen LogP contribution in [0.2, 0.25) is 0 Å². The molecule has 1 saturated heterocycles. The molecule has 0 aliphatic carbocycles. The molecule has 6 rings (SSSR count). The minimum Gasteiger partial charge on any atom is -0.378 e. The van der Waals surface area contributed by atoms with Crippen LogP contribution in [0.5, 0.6) is 0 Å². The Bertz CT molecular complexity index is 1460. The van der Waals surface area contributed by atoms with Crippen molar-refractivity contribution in [3.63, 3.8) is 0 Å². The number of fused-ring (bicyclic) bond motifs is 5. The van der Waals surface area contributed by atoms with Gasteiger partial charge < -0.3 is 19.1 Å². The number of methoxy groups -OCH3 is 1. The summed E-state index contributed by atoms with van der Waals surface area (Å²) in [6.07, 6.45) is 5.31. The highest BCUT2D eigenvalue weighted by Gasteiger charge is 2.27. The molecule has 7 heteroatoms. The first-order valence-corrected chi connectivity index (χ1v) is 12.3. The fourth-order valence-electron chi connectivity index (χ4n) is 5.50. The number of ether oxygens (including phenoxy) is 1. The van der Waals surface area contributed by atoms with Crippen molar-refractivity contribution in [3.8, 4) is 28.3 Å². The maximum atomic E-state index is 7.24. The van der Waals surface area contributed by atoms with E-state index >= 15 is 0 Å². The molecule has 0 bridgehead atoms. The van der Waals surface area contributed by atoms with E-state index in [2.05, 4.69) is 68.3 Å². The molecule has 2 aromatic heterocycles. The van der Waals surface area contributed by atoms with E-state index in [1.165, 1.54) is 17.7 Å². The van der Waals surface area contributed by atoms with Crippen LogP contribution in [-0.2, 0) is 17.9 Å². The van der Waals surface area contributed by atoms with Gasteiger partial charge in [0.1, 0.15) is 0 Å². The maximum Gasteiger partial charge on any atom is 0.187 e. The summed E-state index contributed by atoms with van der Waals surface area (Å²) in [5.74, 6) is 0.923. The lowest BCUT2D eigenvalue weighted by Gasteiger charge is -2.23. The Hall–Kier alpha value is -3.86. The summed E-state index contributed by atoms with van der Waals surface area (Å²) in [6, 6.07) is 17.4. The molecule has 0 radical (unpaired) electrons. The van der Waals surface area contributed by atoms with E-state index in [-0.39, 0.29) is 0 Å². The Morgan fingerprint density at radius 3 is 2.67 bits per heavy atom. The largest absolute Gasteiger partial charge is 0.378 e. The van der Waals surface area contributed by atoms with Crippen LogP contribution in [0.25, 0.3) is 33.2 Å². The molecule has 0 amide bonds. The van der Waals surface area contributed by atoms with E-state index in [0.29, 0.717) is 18.3 Å². The minimum absolute atomic E-state index is 0.497. The Morgan fingerprint density at radius 1 is 1.11 bits per heavy atom. The second-order valence-corrected chi connectivity index (χ2v) is 9.91. The standard InChI is InChI=1S/C29H30N6O/c1-30-23-7-5-20(6-8-23)21-14-28-29-31-15-26(19-36-4)35(29)27-10-9-24(13-22(27)17-34(28)16-21)33-12-11-25(18-33)32(2)3/h5-10,13-16,25H,11-12,17-19H2,2-4H3/t25-/m1/s1. The third kappa shape index (κ3) is 3.79. The topological polar surface area (TPSA) is 42.8 Å². The molecular formula is C29H30N6O. The monoisotopic (exact) mass is 478 g/mol. The molecular weight excluding hydrogens is 448 g/mol. The molecule has 7 nitrogen and oxygen atoms in total. The van der Waals surface area contributed by atoms with E-state index in [1.54, 1.807) is 7.11 Å². The molecule has 0 unspecified atom stereocenters. The average Bonchev–Trinajstić information content (AvgIpc) is 3.62. The first-order valence-electron chi connectivity index (χ1n) is 12.3. The quantitative estimate of drug-likeness (QED) is 0.326. The van der Waals surface area contributed by atoms with Gasteiger partial charge in [0, 0.05) is 50.2 Å². The number of nitrogens with zero attached hydrogens (tertiary/aromatic N) is 6. The van der Waals surface area contributed by atoms with Crippen molar-refractivity contribution in [2.45, 2.75) is 25.6 Å². The zero-order valence-electron chi connectivity index (χ0n) is 21.0. The number of hydrogen-bond donors (Lipinski definition) is 0. The first kappa shape index (κ1) is 22.6. The zero-order chi connectivity index (χ0) is 24.8. The van der Waals surface area contributed by atoms with Gasteiger partial charge in [-0.1, -0.05) is 24.3 Å². The zero-order valence-corrected chi connectivity index (χ0v) is 21.0. The second-order valence-electron chi connectivity index (χ2n) is 9.91. The van der Waals surface area contributed by atoms with Crippen LogP contribution in [0.1, 0.15) is 17.7 Å². The second kappa shape index (κ2) is 8.98. The Morgan fingerprint density at radius 2 is 1.94 bits per heavy atom. The fourth-order valence-corrected chi connectivity index (χ4v) is 5.50. The average molecular weight is 479 g/mol. The van der Waals surface area contributed by atoms with Crippen molar-refractivity contribution in [2.75, 3.05) is 39.2 Å². The number of imidazole rings is 1. The van der Waals surface area contributed by atoms with E-state index in [9.17, 15) is 0 Å². The molecule has 4 aromatic rings. The summed E-state index contributed by atoms with van der Waals surface area (Å²) < 4.78 is 10.1. The Kier molecular flexibility index (Phi) is 5.63. The smallest absolute Gasteiger partial charge is 0.187 e. The van der Waals surface area contributed by atoms with Crippen molar-refractivity contribution >= 4 is 11.4 Å². The van der Waals surface area contributed by atoms with E-state index < -0.39 is 0 Å². The molecule has 2 aromatic carbocycles. The number of anilines is 1. The molecule has 2 aliphatic heterocycles. The van der Waals surface area contributed by atoms with Crippen LogP contribution in [0.15, 0.2) is 60.9 Å². The minimum atomic E-state index is 0.497. The molecule has 0 N–H and O–H groups in total. The molecule has 36 heavy (non-hydrogen) atoms. The van der Waals surface area contributed by atoms with Gasteiger partial charge in [-0.25, -0.2) is 9.83 Å². The first-order chi connectivity index (χ1) is 17.6. The highest BCUT2D eigenvalue weighted by atomic mass is 16.5. The highest BCUT2D eigenvalue weighted by Crippen LogP contribution is 2.37. The molecule has 0 saturated carbocycles. The molecule has 2 aliphatic rings. The van der Waals surface area contributed by atoms with Crippen LogP contribution in [0, 0.1) is 6.57 Å². The predicted molar refractivity (Wildman–Crippen MR) is 143 cm³/mol. The number of hydrogen-bond acceptors (Lipinski definition) is 4. The number of benzene rings is 2.